The second-order valence-electron chi connectivity index (χ2n) is 10.4. The maximum absolute atomic E-state index is 8.77. The minimum Gasteiger partial charge on any atom is -0.455 e. The first-order valence-corrected chi connectivity index (χ1v) is 11.8. The van der Waals surface area contributed by atoms with Gasteiger partial charge in [0.2, 0.25) is 5.69 Å². The van der Waals surface area contributed by atoms with E-state index in [2.05, 4.69) is 0 Å². The van der Waals surface area contributed by atoms with Gasteiger partial charge in [0, 0.05) is 41.6 Å². The molecule has 0 unspecified atom stereocenters. The van der Waals surface area contributed by atoms with Gasteiger partial charge in [-0.1, -0.05) is 57.2 Å². The van der Waals surface area contributed by atoms with Crippen molar-refractivity contribution in [3.05, 3.63) is 88.1 Å². The summed E-state index contributed by atoms with van der Waals surface area (Å²) in [5, 5.41) is 0.729. The molecule has 5 rings (SSSR count). The Morgan fingerprint density at radius 1 is 0.806 bits per heavy atom. The Morgan fingerprint density at radius 3 is 2.33 bits per heavy atom. The summed E-state index contributed by atoms with van der Waals surface area (Å²) in [6.45, 7) is -3.83. The van der Waals surface area contributed by atoms with Crippen molar-refractivity contribution < 1.29 is 28.2 Å². The Labute approximate surface area is 235 Å². The van der Waals surface area contributed by atoms with Crippen LogP contribution in [0.4, 0.5) is 0 Å². The van der Waals surface area contributed by atoms with Gasteiger partial charge in [-0.2, -0.15) is 0 Å². The van der Waals surface area contributed by atoms with Crippen LogP contribution in [-0.4, -0.2) is 0 Å². The molecule has 184 valence electrons. The summed E-state index contributed by atoms with van der Waals surface area (Å²) in [4.78, 5) is 0. The summed E-state index contributed by atoms with van der Waals surface area (Å²) in [5.74, 6) is 0. The summed E-state index contributed by atoms with van der Waals surface area (Å²) in [6.07, 6.45) is -0.529. The predicted octanol–water partition coefficient (Wildman–Crippen LogP) is 8.88. The molecule has 0 aliphatic rings. The van der Waals surface area contributed by atoms with Crippen molar-refractivity contribution in [3.8, 4) is 22.4 Å². The smallest absolute Gasteiger partial charge is 0.216 e. The van der Waals surface area contributed by atoms with Crippen molar-refractivity contribution in [1.29, 1.82) is 0 Å². The number of benzene rings is 3. The first kappa shape index (κ1) is 12.7. The first-order valence-electron chi connectivity index (χ1n) is 18.8. The standard InChI is InChI=1S/C34H38NO/c1-20-14-23(4)32-29(15-20)27-12-10-21(2)31(33(27)36-32)30-17-28(24(5)19-35(30)9)26-13-11-25(16-22(26)3)18-34(6,7)8/h10-17,19H,18H2,1-9H3/q+1/i1D3,3D3,4D3,5D3,18D2. The molecule has 0 aliphatic heterocycles. The van der Waals surface area contributed by atoms with E-state index in [-0.39, 0.29) is 55.5 Å². The Bertz CT molecular complexity index is 2140. The molecule has 5 aromatic rings. The van der Waals surface area contributed by atoms with Crippen LogP contribution in [0.5, 0.6) is 0 Å². The molecule has 0 bridgehead atoms. The van der Waals surface area contributed by atoms with Gasteiger partial charge < -0.3 is 4.42 Å². The zero-order valence-corrected chi connectivity index (χ0v) is 21.1. The van der Waals surface area contributed by atoms with Crippen LogP contribution >= 0.6 is 0 Å². The van der Waals surface area contributed by atoms with Crippen molar-refractivity contribution in [2.45, 2.75) is 61.5 Å². The third kappa shape index (κ3) is 4.23. The molecule has 0 saturated heterocycles. The second-order valence-corrected chi connectivity index (χ2v) is 10.4. The molecule has 36 heavy (non-hydrogen) atoms. The number of fused-ring (bicyclic) bond motifs is 3. The molecule has 0 aliphatic carbocycles. The van der Waals surface area contributed by atoms with E-state index in [1.807, 2.05) is 0 Å². The van der Waals surface area contributed by atoms with Gasteiger partial charge in [0.05, 0.1) is 5.56 Å². The maximum atomic E-state index is 8.77. The van der Waals surface area contributed by atoms with Crippen LogP contribution in [-0.2, 0) is 13.4 Å². The van der Waals surface area contributed by atoms with Gasteiger partial charge in [-0.3, -0.25) is 0 Å². The molecule has 2 heteroatoms. The summed E-state index contributed by atoms with van der Waals surface area (Å²) in [7, 11) is 1.63. The summed E-state index contributed by atoms with van der Waals surface area (Å²) in [6, 6.07) is 11.7. The number of nitrogens with zero attached hydrogens (tertiary/aromatic N) is 1. The maximum Gasteiger partial charge on any atom is 0.216 e. The predicted molar refractivity (Wildman–Crippen MR) is 153 cm³/mol. The molecule has 0 fully saturated rings. The van der Waals surface area contributed by atoms with Crippen LogP contribution in [0, 0.1) is 39.7 Å². The van der Waals surface area contributed by atoms with E-state index < -0.39 is 39.2 Å². The summed E-state index contributed by atoms with van der Waals surface area (Å²) >= 11 is 0. The normalized spacial score (nSPS) is 19.7. The lowest BCUT2D eigenvalue weighted by molar-refractivity contribution is -0.660. The van der Waals surface area contributed by atoms with E-state index in [0.29, 0.717) is 22.2 Å². The lowest BCUT2D eigenvalue weighted by atomic mass is 9.86. The van der Waals surface area contributed by atoms with Crippen molar-refractivity contribution in [2.24, 2.45) is 12.5 Å². The number of rotatable bonds is 3. The largest absolute Gasteiger partial charge is 0.455 e. The summed E-state index contributed by atoms with van der Waals surface area (Å²) < 4.78 is 124. The lowest BCUT2D eigenvalue weighted by Crippen LogP contribution is -2.31. The fraction of sp³-hybridized carbons (Fsp3) is 0.324. The van der Waals surface area contributed by atoms with E-state index in [0.717, 1.165) is 6.07 Å². The fourth-order valence-corrected chi connectivity index (χ4v) is 4.77. The minimum atomic E-state index is -2.75. The Balaban J connectivity index is 1.90. The van der Waals surface area contributed by atoms with E-state index in [1.54, 1.807) is 57.5 Å². The minimum absolute atomic E-state index is 0.00441. The van der Waals surface area contributed by atoms with Crippen LogP contribution in [0.25, 0.3) is 44.3 Å². The van der Waals surface area contributed by atoms with Crippen LogP contribution < -0.4 is 4.57 Å². The van der Waals surface area contributed by atoms with Gasteiger partial charge in [-0.25, -0.2) is 4.57 Å². The van der Waals surface area contributed by atoms with Gasteiger partial charge in [-0.05, 0) is 91.1 Å². The molecule has 2 heterocycles. The molecule has 2 aromatic heterocycles. The molecule has 0 N–H and O–H groups in total. The molecule has 2 nitrogen and oxygen atoms in total. The molecule has 0 atom stereocenters. The number of hydrogen-bond acceptors (Lipinski definition) is 1. The third-order valence-electron chi connectivity index (χ3n) is 6.31. The summed E-state index contributed by atoms with van der Waals surface area (Å²) in [5.41, 5.74) is 0.427. The second kappa shape index (κ2) is 8.62. The first-order chi connectivity index (χ1) is 22.5. The number of aryl methyl sites for hydroxylation is 6. The quantitative estimate of drug-likeness (QED) is 0.231. The molecule has 0 amide bonds. The van der Waals surface area contributed by atoms with Gasteiger partial charge in [-0.15, -0.1) is 0 Å². The van der Waals surface area contributed by atoms with E-state index in [1.165, 1.54) is 30.5 Å². The van der Waals surface area contributed by atoms with E-state index in [9.17, 15) is 0 Å². The average Bonchev–Trinajstić information content (AvgIpc) is 3.32. The van der Waals surface area contributed by atoms with Gasteiger partial charge in [0.15, 0.2) is 6.20 Å². The highest BCUT2D eigenvalue weighted by atomic mass is 16.3. The van der Waals surface area contributed by atoms with E-state index in [4.69, 9.17) is 23.6 Å². The zero-order chi connectivity index (χ0) is 37.7. The van der Waals surface area contributed by atoms with Crippen LogP contribution in [0.2, 0.25) is 0 Å². The van der Waals surface area contributed by atoms with Gasteiger partial charge in [0.1, 0.15) is 18.2 Å². The topological polar surface area (TPSA) is 17.0 Å². The number of hydrogen-bond donors (Lipinski definition) is 0. The van der Waals surface area contributed by atoms with Gasteiger partial charge in [0.25, 0.3) is 0 Å². The Kier molecular flexibility index (Phi) is 3.05. The lowest BCUT2D eigenvalue weighted by Gasteiger charge is -2.19. The van der Waals surface area contributed by atoms with Gasteiger partial charge >= 0.3 is 0 Å². The fourth-order valence-electron chi connectivity index (χ4n) is 4.77. The molecule has 3 aromatic carbocycles. The zero-order valence-electron chi connectivity index (χ0n) is 35.1. The Morgan fingerprint density at radius 2 is 1.61 bits per heavy atom. The number of furan rings is 1. The van der Waals surface area contributed by atoms with Crippen molar-refractivity contribution in [3.63, 3.8) is 0 Å². The van der Waals surface area contributed by atoms with Crippen LogP contribution in [0.15, 0.2) is 59.1 Å². The average molecular weight is 491 g/mol. The molecule has 0 saturated carbocycles. The highest BCUT2D eigenvalue weighted by Crippen LogP contribution is 2.40. The van der Waals surface area contributed by atoms with E-state index >= 15 is 0 Å². The highest BCUT2D eigenvalue weighted by molar-refractivity contribution is 6.10. The monoisotopic (exact) mass is 490 g/mol. The number of pyridine rings is 1. The molecule has 0 spiro atoms. The number of aromatic nitrogens is 1. The van der Waals surface area contributed by atoms with Crippen LogP contribution in [0.3, 0.4) is 0 Å². The molecular formula is C34H38NO+. The highest BCUT2D eigenvalue weighted by Gasteiger charge is 2.23. The van der Waals surface area contributed by atoms with Crippen molar-refractivity contribution in [1.82, 2.24) is 0 Å². The third-order valence-corrected chi connectivity index (χ3v) is 6.31. The van der Waals surface area contributed by atoms with Crippen molar-refractivity contribution in [2.75, 3.05) is 0 Å². The SMILES string of the molecule is [2H]C([2H])([2H])c1cc(C([2H])([2H])[2H])c2oc3c(-c4cc(-c5ccc(C([2H])([2H])C(C)(C)C)cc5C([2H])([2H])[2H])c(C([2H])([2H])[2H])c[n+]4C)c(C)ccc3c2c1. The molecular weight excluding hydrogens is 438 g/mol. The van der Waals surface area contributed by atoms with Crippen LogP contribution in [0.1, 0.15) is 73.3 Å². The Hall–Kier alpha value is -3.39. The van der Waals surface area contributed by atoms with Crippen molar-refractivity contribution >= 4 is 21.9 Å². The molecule has 0 radical (unpaired) electrons.